The maximum atomic E-state index is 5.76. The van der Waals surface area contributed by atoms with Gasteiger partial charge in [0.2, 0.25) is 0 Å². The molecule has 1 aliphatic heterocycles. The number of anilines is 1. The number of hydrogen-bond acceptors (Lipinski definition) is 6. The van der Waals surface area contributed by atoms with Crippen LogP contribution in [-0.4, -0.2) is 35.8 Å². The Labute approximate surface area is 163 Å². The predicted molar refractivity (Wildman–Crippen MR) is 111 cm³/mol. The molecule has 3 heterocycles. The van der Waals surface area contributed by atoms with Crippen molar-refractivity contribution < 1.29 is 9.47 Å². The van der Waals surface area contributed by atoms with Crippen molar-refractivity contribution in [3.63, 3.8) is 0 Å². The second-order valence-electron chi connectivity index (χ2n) is 6.81. The second kappa shape index (κ2) is 7.82. The molecule has 1 fully saturated rings. The van der Waals surface area contributed by atoms with E-state index in [1.807, 2.05) is 26.0 Å². The molecule has 2 aromatic heterocycles. The molecular weight excluding hydrogens is 358 g/mol. The van der Waals surface area contributed by atoms with Gasteiger partial charge in [-0.15, -0.1) is 11.3 Å². The summed E-state index contributed by atoms with van der Waals surface area (Å²) in [7, 11) is 0. The summed E-state index contributed by atoms with van der Waals surface area (Å²) in [5, 5.41) is 4.63. The normalized spacial score (nSPS) is 16.8. The number of fused-ring (bicyclic) bond motifs is 1. The first kappa shape index (κ1) is 18.2. The number of ether oxygens (including phenoxy) is 2. The molecular formula is C21H25N3O2S. The summed E-state index contributed by atoms with van der Waals surface area (Å²) in [4.78, 5) is 11.7. The zero-order chi connectivity index (χ0) is 18.8. The average Bonchev–Trinajstić information content (AvgIpc) is 3.28. The topological polar surface area (TPSA) is 56.3 Å². The Morgan fingerprint density at radius 2 is 2.04 bits per heavy atom. The number of aryl methyl sites for hydroxylation is 2. The van der Waals surface area contributed by atoms with Gasteiger partial charge in [-0.25, -0.2) is 9.97 Å². The summed E-state index contributed by atoms with van der Waals surface area (Å²) in [5.74, 6) is 2.58. The predicted octanol–water partition coefficient (Wildman–Crippen LogP) is 4.96. The van der Waals surface area contributed by atoms with Crippen LogP contribution in [0.15, 0.2) is 24.3 Å². The van der Waals surface area contributed by atoms with Crippen LogP contribution in [0.4, 0.5) is 5.82 Å². The van der Waals surface area contributed by atoms with Gasteiger partial charge in [0.25, 0.3) is 0 Å². The molecule has 6 heteroatoms. The van der Waals surface area contributed by atoms with Crippen molar-refractivity contribution >= 4 is 27.4 Å². The second-order valence-corrected chi connectivity index (χ2v) is 8.01. The quantitative estimate of drug-likeness (QED) is 0.652. The van der Waals surface area contributed by atoms with Gasteiger partial charge in [-0.3, -0.25) is 0 Å². The van der Waals surface area contributed by atoms with Crippen LogP contribution in [0.2, 0.25) is 0 Å². The highest BCUT2D eigenvalue weighted by Gasteiger charge is 2.20. The summed E-state index contributed by atoms with van der Waals surface area (Å²) in [6.07, 6.45) is 2.51. The molecule has 1 saturated heterocycles. The SMILES string of the molecule is CCOc1ccc(-c2c(C)sc3nc(C)nc(NCC4CCCO4)c23)cc1. The molecule has 1 atom stereocenters. The summed E-state index contributed by atoms with van der Waals surface area (Å²) < 4.78 is 11.3. The van der Waals surface area contributed by atoms with Crippen molar-refractivity contribution in [2.75, 3.05) is 25.1 Å². The largest absolute Gasteiger partial charge is 0.494 e. The first-order valence-corrected chi connectivity index (χ1v) is 10.3. The first-order valence-electron chi connectivity index (χ1n) is 9.52. The Hall–Kier alpha value is -2.18. The highest BCUT2D eigenvalue weighted by molar-refractivity contribution is 7.19. The van der Waals surface area contributed by atoms with Crippen LogP contribution in [0.25, 0.3) is 21.3 Å². The van der Waals surface area contributed by atoms with Gasteiger partial charge in [0, 0.05) is 23.6 Å². The lowest BCUT2D eigenvalue weighted by molar-refractivity contribution is 0.120. The van der Waals surface area contributed by atoms with E-state index in [4.69, 9.17) is 14.5 Å². The summed E-state index contributed by atoms with van der Waals surface area (Å²) >= 11 is 1.72. The summed E-state index contributed by atoms with van der Waals surface area (Å²) in [6, 6.07) is 8.28. The van der Waals surface area contributed by atoms with Crippen LogP contribution >= 0.6 is 11.3 Å². The average molecular weight is 384 g/mol. The lowest BCUT2D eigenvalue weighted by Gasteiger charge is -2.13. The van der Waals surface area contributed by atoms with Crippen LogP contribution in [0, 0.1) is 13.8 Å². The molecule has 1 unspecified atom stereocenters. The van der Waals surface area contributed by atoms with Gasteiger partial charge < -0.3 is 14.8 Å². The highest BCUT2D eigenvalue weighted by atomic mass is 32.1. The van der Waals surface area contributed by atoms with E-state index in [0.717, 1.165) is 59.2 Å². The molecule has 1 aromatic carbocycles. The van der Waals surface area contributed by atoms with Gasteiger partial charge in [0.05, 0.1) is 18.1 Å². The number of rotatable bonds is 6. The third-order valence-corrected chi connectivity index (χ3v) is 5.81. The fraction of sp³-hybridized carbons (Fsp3) is 0.429. The molecule has 0 saturated carbocycles. The number of aromatic nitrogens is 2. The van der Waals surface area contributed by atoms with Crippen molar-refractivity contribution in [1.82, 2.24) is 9.97 Å². The fourth-order valence-corrected chi connectivity index (χ4v) is 4.68. The Balaban J connectivity index is 1.74. The third-order valence-electron chi connectivity index (χ3n) is 4.81. The monoisotopic (exact) mass is 383 g/mol. The molecule has 27 heavy (non-hydrogen) atoms. The zero-order valence-corrected chi connectivity index (χ0v) is 16.9. The third kappa shape index (κ3) is 3.77. The van der Waals surface area contributed by atoms with Crippen LogP contribution in [0.3, 0.4) is 0 Å². The Kier molecular flexibility index (Phi) is 5.27. The maximum Gasteiger partial charge on any atom is 0.139 e. The molecule has 0 spiro atoms. The molecule has 0 aliphatic carbocycles. The van der Waals surface area contributed by atoms with E-state index in [9.17, 15) is 0 Å². The Morgan fingerprint density at radius 1 is 1.22 bits per heavy atom. The summed E-state index contributed by atoms with van der Waals surface area (Å²) in [6.45, 7) is 8.41. The van der Waals surface area contributed by atoms with Gasteiger partial charge in [-0.1, -0.05) is 12.1 Å². The minimum atomic E-state index is 0.268. The molecule has 1 aliphatic rings. The van der Waals surface area contributed by atoms with E-state index >= 15 is 0 Å². The van der Waals surface area contributed by atoms with Crippen molar-refractivity contribution in [3.05, 3.63) is 35.0 Å². The number of benzene rings is 1. The fourth-order valence-electron chi connectivity index (χ4n) is 3.59. The van der Waals surface area contributed by atoms with Crippen LogP contribution < -0.4 is 10.1 Å². The van der Waals surface area contributed by atoms with E-state index in [1.54, 1.807) is 11.3 Å². The van der Waals surface area contributed by atoms with Crippen molar-refractivity contribution in [2.45, 2.75) is 39.7 Å². The number of hydrogen-bond donors (Lipinski definition) is 1. The molecule has 3 aromatic rings. The van der Waals surface area contributed by atoms with Gasteiger partial charge in [0.1, 0.15) is 22.2 Å². The Morgan fingerprint density at radius 3 is 2.74 bits per heavy atom. The highest BCUT2D eigenvalue weighted by Crippen LogP contribution is 2.41. The minimum absolute atomic E-state index is 0.268. The van der Waals surface area contributed by atoms with E-state index in [-0.39, 0.29) is 6.10 Å². The van der Waals surface area contributed by atoms with Gasteiger partial charge in [-0.05, 0) is 51.3 Å². The molecule has 0 bridgehead atoms. The molecule has 0 amide bonds. The van der Waals surface area contributed by atoms with Crippen LogP contribution in [-0.2, 0) is 4.74 Å². The van der Waals surface area contributed by atoms with Crippen LogP contribution in [0.5, 0.6) is 5.75 Å². The molecule has 4 rings (SSSR count). The molecule has 0 radical (unpaired) electrons. The molecule has 142 valence electrons. The van der Waals surface area contributed by atoms with Gasteiger partial charge in [-0.2, -0.15) is 0 Å². The summed E-state index contributed by atoms with van der Waals surface area (Å²) in [5.41, 5.74) is 2.36. The standard InChI is InChI=1S/C21H25N3O2S/c1-4-25-16-9-7-15(8-10-16)18-13(2)27-21-19(18)20(23-14(3)24-21)22-12-17-6-5-11-26-17/h7-10,17H,4-6,11-12H2,1-3H3,(H,22,23,24). The van der Waals surface area contributed by atoms with Crippen molar-refractivity contribution in [1.29, 1.82) is 0 Å². The number of nitrogens with one attached hydrogen (secondary N) is 1. The molecule has 1 N–H and O–H groups in total. The van der Waals surface area contributed by atoms with E-state index in [1.165, 1.54) is 10.4 Å². The van der Waals surface area contributed by atoms with E-state index in [2.05, 4.69) is 29.4 Å². The van der Waals surface area contributed by atoms with Crippen LogP contribution in [0.1, 0.15) is 30.5 Å². The number of thiophene rings is 1. The minimum Gasteiger partial charge on any atom is -0.494 e. The van der Waals surface area contributed by atoms with Crippen molar-refractivity contribution in [2.24, 2.45) is 0 Å². The Bertz CT molecular complexity index is 931. The zero-order valence-electron chi connectivity index (χ0n) is 16.0. The smallest absolute Gasteiger partial charge is 0.139 e. The van der Waals surface area contributed by atoms with Gasteiger partial charge >= 0.3 is 0 Å². The lowest BCUT2D eigenvalue weighted by atomic mass is 10.0. The lowest BCUT2D eigenvalue weighted by Crippen LogP contribution is -2.19. The van der Waals surface area contributed by atoms with Gasteiger partial charge in [0.15, 0.2) is 0 Å². The maximum absolute atomic E-state index is 5.76. The number of nitrogens with zero attached hydrogens (tertiary/aromatic N) is 2. The van der Waals surface area contributed by atoms with E-state index < -0.39 is 0 Å². The van der Waals surface area contributed by atoms with Crippen molar-refractivity contribution in [3.8, 4) is 16.9 Å². The molecule has 5 nitrogen and oxygen atoms in total. The first-order chi connectivity index (χ1) is 13.2. The van der Waals surface area contributed by atoms with E-state index in [0.29, 0.717) is 6.61 Å².